The summed E-state index contributed by atoms with van der Waals surface area (Å²) in [6.45, 7) is 2.31. The largest absolute Gasteiger partial charge is 0.297 e. The molecule has 1 fully saturated rings. The van der Waals surface area contributed by atoms with E-state index >= 15 is 0 Å². The van der Waals surface area contributed by atoms with E-state index in [0.717, 1.165) is 16.2 Å². The van der Waals surface area contributed by atoms with E-state index in [2.05, 4.69) is 26.7 Å². The van der Waals surface area contributed by atoms with Gasteiger partial charge in [-0.15, -0.1) is 0 Å². The average Bonchev–Trinajstić information content (AvgIpc) is 2.82. The molecular weight excluding hydrogens is 256 g/mol. The Kier molecular flexibility index (Phi) is 3.46. The molecule has 19 heavy (non-hydrogen) atoms. The molecule has 2 aromatic heterocycles. The summed E-state index contributed by atoms with van der Waals surface area (Å²) in [5.41, 5.74) is 1.02. The Balaban J connectivity index is 2.06. The number of aromatic nitrogens is 4. The van der Waals surface area contributed by atoms with Gasteiger partial charge in [-0.05, 0) is 43.1 Å². The summed E-state index contributed by atoms with van der Waals surface area (Å²) >= 11 is 5.43. The van der Waals surface area contributed by atoms with Gasteiger partial charge in [-0.3, -0.25) is 14.6 Å². The zero-order chi connectivity index (χ0) is 13.2. The van der Waals surface area contributed by atoms with Gasteiger partial charge in [0.25, 0.3) is 0 Å². The molecule has 0 spiro atoms. The van der Waals surface area contributed by atoms with E-state index in [4.69, 9.17) is 12.2 Å². The normalized spacial score (nSPS) is 23.4. The van der Waals surface area contributed by atoms with Gasteiger partial charge >= 0.3 is 0 Å². The van der Waals surface area contributed by atoms with Crippen LogP contribution in [0.2, 0.25) is 0 Å². The number of aromatic amines is 1. The van der Waals surface area contributed by atoms with Crippen LogP contribution in [0.5, 0.6) is 0 Å². The molecule has 0 unspecified atom stereocenters. The van der Waals surface area contributed by atoms with Gasteiger partial charge in [0.1, 0.15) is 0 Å². The van der Waals surface area contributed by atoms with Crippen LogP contribution < -0.4 is 0 Å². The molecule has 1 aliphatic carbocycles. The highest BCUT2D eigenvalue weighted by atomic mass is 32.1. The maximum atomic E-state index is 5.43. The highest BCUT2D eigenvalue weighted by Gasteiger charge is 2.26. The molecule has 2 atom stereocenters. The van der Waals surface area contributed by atoms with Gasteiger partial charge < -0.3 is 0 Å². The summed E-state index contributed by atoms with van der Waals surface area (Å²) in [6, 6.07) is 4.42. The molecule has 4 nitrogen and oxygen atoms in total. The predicted molar refractivity (Wildman–Crippen MR) is 77.3 cm³/mol. The molecule has 3 rings (SSSR count). The Morgan fingerprint density at radius 1 is 1.37 bits per heavy atom. The molecule has 0 aliphatic heterocycles. The van der Waals surface area contributed by atoms with Crippen molar-refractivity contribution in [3.63, 3.8) is 0 Å². The molecule has 2 heterocycles. The van der Waals surface area contributed by atoms with Crippen LogP contribution in [0.1, 0.15) is 38.6 Å². The van der Waals surface area contributed by atoms with Crippen LogP contribution in [-0.2, 0) is 0 Å². The minimum atomic E-state index is 0.454. The second-order valence-electron chi connectivity index (χ2n) is 5.29. The highest BCUT2D eigenvalue weighted by Crippen LogP contribution is 2.36. The lowest BCUT2D eigenvalue weighted by Gasteiger charge is -2.30. The third kappa shape index (κ3) is 2.34. The number of H-pyrrole nitrogens is 1. The maximum absolute atomic E-state index is 5.43. The van der Waals surface area contributed by atoms with Crippen molar-refractivity contribution in [2.45, 2.75) is 38.6 Å². The van der Waals surface area contributed by atoms with Gasteiger partial charge in [0.15, 0.2) is 10.6 Å². The lowest BCUT2D eigenvalue weighted by Crippen LogP contribution is -2.22. The van der Waals surface area contributed by atoms with Gasteiger partial charge in [0.2, 0.25) is 0 Å². The van der Waals surface area contributed by atoms with E-state index in [0.29, 0.717) is 12.0 Å². The number of hydrogen-bond acceptors (Lipinski definition) is 3. The lowest BCUT2D eigenvalue weighted by atomic mass is 9.85. The molecule has 0 amide bonds. The summed E-state index contributed by atoms with van der Waals surface area (Å²) in [5, 5.41) is 7.34. The van der Waals surface area contributed by atoms with Crippen molar-refractivity contribution in [1.29, 1.82) is 0 Å². The first-order valence-corrected chi connectivity index (χ1v) is 7.25. The van der Waals surface area contributed by atoms with Crippen molar-refractivity contribution in [2.75, 3.05) is 0 Å². The molecule has 0 bridgehead atoms. The molecule has 0 saturated heterocycles. The smallest absolute Gasteiger partial charge is 0.195 e. The van der Waals surface area contributed by atoms with Crippen LogP contribution in [0.15, 0.2) is 24.5 Å². The Bertz CT molecular complexity index is 601. The second-order valence-corrected chi connectivity index (χ2v) is 5.68. The zero-order valence-electron chi connectivity index (χ0n) is 11.0. The monoisotopic (exact) mass is 274 g/mol. The first-order chi connectivity index (χ1) is 9.27. The summed E-state index contributed by atoms with van der Waals surface area (Å²) in [6.07, 6.45) is 8.67. The number of pyridine rings is 1. The van der Waals surface area contributed by atoms with Crippen LogP contribution in [0, 0.1) is 10.7 Å². The van der Waals surface area contributed by atoms with E-state index in [9.17, 15) is 0 Å². The quantitative estimate of drug-likeness (QED) is 0.848. The summed E-state index contributed by atoms with van der Waals surface area (Å²) in [5.74, 6) is 1.56. The van der Waals surface area contributed by atoms with E-state index in [1.54, 1.807) is 6.20 Å². The fourth-order valence-corrected chi connectivity index (χ4v) is 3.26. The van der Waals surface area contributed by atoms with Crippen molar-refractivity contribution in [2.24, 2.45) is 5.92 Å². The molecule has 0 aromatic carbocycles. The molecule has 5 heteroatoms. The Morgan fingerprint density at radius 3 is 2.95 bits per heavy atom. The van der Waals surface area contributed by atoms with Crippen LogP contribution in [-0.4, -0.2) is 19.7 Å². The van der Waals surface area contributed by atoms with Crippen LogP contribution in [0.4, 0.5) is 0 Å². The van der Waals surface area contributed by atoms with Crippen molar-refractivity contribution in [3.8, 4) is 11.4 Å². The summed E-state index contributed by atoms with van der Waals surface area (Å²) in [4.78, 5) is 4.17. The summed E-state index contributed by atoms with van der Waals surface area (Å²) in [7, 11) is 0. The van der Waals surface area contributed by atoms with Crippen LogP contribution >= 0.6 is 12.2 Å². The first kappa shape index (κ1) is 12.5. The Hall–Kier alpha value is -1.49. The van der Waals surface area contributed by atoms with E-state index in [1.807, 2.05) is 18.3 Å². The fourth-order valence-electron chi connectivity index (χ4n) is 2.99. The molecule has 0 radical (unpaired) electrons. The lowest BCUT2D eigenvalue weighted by molar-refractivity contribution is 0.257. The molecule has 100 valence electrons. The fraction of sp³-hybridized carbons (Fsp3) is 0.500. The Morgan fingerprint density at radius 2 is 2.21 bits per heavy atom. The number of nitrogens with zero attached hydrogens (tertiary/aromatic N) is 3. The predicted octanol–water partition coefficient (Wildman–Crippen LogP) is 3.75. The third-order valence-corrected chi connectivity index (χ3v) is 4.31. The van der Waals surface area contributed by atoms with Crippen molar-refractivity contribution < 1.29 is 0 Å². The number of hydrogen-bond donors (Lipinski definition) is 1. The minimum Gasteiger partial charge on any atom is -0.297 e. The molecule has 1 saturated carbocycles. The number of nitrogens with one attached hydrogen (secondary N) is 1. The molecule has 2 aromatic rings. The van der Waals surface area contributed by atoms with Crippen LogP contribution in [0.3, 0.4) is 0 Å². The van der Waals surface area contributed by atoms with E-state index in [-0.39, 0.29) is 0 Å². The number of rotatable bonds is 2. The Labute approximate surface area is 117 Å². The average molecular weight is 274 g/mol. The third-order valence-electron chi connectivity index (χ3n) is 4.02. The standard InChI is InChI=1S/C14H18N4S/c1-10-5-2-3-7-12(10)18-13(16-17-14(18)19)11-6-4-8-15-9-11/h4,6,8-10,12H,2-3,5,7H2,1H3,(H,17,19)/t10-,12-/m1/s1. The first-order valence-electron chi connectivity index (χ1n) is 6.84. The summed E-state index contributed by atoms with van der Waals surface area (Å²) < 4.78 is 2.91. The minimum absolute atomic E-state index is 0.454. The highest BCUT2D eigenvalue weighted by molar-refractivity contribution is 7.71. The van der Waals surface area contributed by atoms with E-state index < -0.39 is 0 Å². The van der Waals surface area contributed by atoms with Crippen molar-refractivity contribution >= 4 is 12.2 Å². The molecular formula is C14H18N4S. The molecule has 1 aliphatic rings. The van der Waals surface area contributed by atoms with Crippen LogP contribution in [0.25, 0.3) is 11.4 Å². The van der Waals surface area contributed by atoms with Crippen molar-refractivity contribution in [1.82, 2.24) is 19.7 Å². The van der Waals surface area contributed by atoms with Crippen molar-refractivity contribution in [3.05, 3.63) is 29.3 Å². The van der Waals surface area contributed by atoms with Gasteiger partial charge in [0.05, 0.1) is 0 Å². The van der Waals surface area contributed by atoms with E-state index in [1.165, 1.54) is 25.7 Å². The maximum Gasteiger partial charge on any atom is 0.195 e. The van der Waals surface area contributed by atoms with Gasteiger partial charge in [-0.2, -0.15) is 5.10 Å². The second kappa shape index (κ2) is 5.25. The topological polar surface area (TPSA) is 46.5 Å². The SMILES string of the molecule is C[C@@H]1CCCC[C@H]1n1c(-c2cccnc2)n[nH]c1=S. The van der Waals surface area contributed by atoms with Gasteiger partial charge in [-0.1, -0.05) is 19.8 Å². The van der Waals surface area contributed by atoms with Gasteiger partial charge in [-0.25, -0.2) is 0 Å². The van der Waals surface area contributed by atoms with Gasteiger partial charge in [0, 0.05) is 24.0 Å². The zero-order valence-corrected chi connectivity index (χ0v) is 11.9. The molecule has 1 N–H and O–H groups in total.